The highest BCUT2D eigenvalue weighted by atomic mass is 35.5. The van der Waals surface area contributed by atoms with Crippen molar-refractivity contribution in [2.75, 3.05) is 18.0 Å². The van der Waals surface area contributed by atoms with Gasteiger partial charge in [0.25, 0.3) is 5.56 Å². The Morgan fingerprint density at radius 1 is 1.08 bits per heavy atom. The highest BCUT2D eigenvalue weighted by molar-refractivity contribution is 6.30. The summed E-state index contributed by atoms with van der Waals surface area (Å²) in [4.78, 5) is 25.8. The molecule has 0 aliphatic rings. The van der Waals surface area contributed by atoms with Gasteiger partial charge in [-0.3, -0.25) is 9.89 Å². The van der Waals surface area contributed by atoms with E-state index in [4.69, 9.17) is 21.6 Å². The Hall–Kier alpha value is -3.38. The molecule has 4 rings (SSSR count). The van der Waals surface area contributed by atoms with Gasteiger partial charge in [0.05, 0.1) is 16.7 Å². The average Bonchev–Trinajstić information content (AvgIpc) is 3.22. The third-order valence-electron chi connectivity index (χ3n) is 6.98. The van der Waals surface area contributed by atoms with Gasteiger partial charge < -0.3 is 4.90 Å². The highest BCUT2D eigenvalue weighted by Crippen LogP contribution is 2.24. The molecule has 1 N–H and O–H groups in total. The van der Waals surface area contributed by atoms with Crippen LogP contribution in [0.5, 0.6) is 0 Å². The van der Waals surface area contributed by atoms with E-state index in [1.165, 1.54) is 10.2 Å². The normalized spacial score (nSPS) is 13.0. The summed E-state index contributed by atoms with van der Waals surface area (Å²) in [6, 6.07) is 11.8. The number of H-pyrrole nitrogens is 1. The Morgan fingerprint density at radius 3 is 2.49 bits per heavy atom. The molecule has 0 spiro atoms. The topological polar surface area (TPSA) is 65.8 Å². The Balaban J connectivity index is 2.09. The van der Waals surface area contributed by atoms with Crippen LogP contribution < -0.4 is 21.0 Å². The molecule has 37 heavy (non-hydrogen) atoms. The molecule has 2 aromatic heterocycles. The fourth-order valence-corrected chi connectivity index (χ4v) is 4.94. The van der Waals surface area contributed by atoms with Gasteiger partial charge in [-0.25, -0.2) is 9.98 Å². The minimum absolute atomic E-state index is 0.104. The van der Waals surface area contributed by atoms with Gasteiger partial charge in [0, 0.05) is 34.6 Å². The van der Waals surface area contributed by atoms with Crippen LogP contribution in [0.1, 0.15) is 56.9 Å². The summed E-state index contributed by atoms with van der Waals surface area (Å²) >= 11 is 6.22. The first-order valence-electron chi connectivity index (χ1n) is 13.1. The number of hydrogen-bond donors (Lipinski definition) is 1. The van der Waals surface area contributed by atoms with Crippen molar-refractivity contribution in [2.24, 2.45) is 4.99 Å². The van der Waals surface area contributed by atoms with E-state index in [0.717, 1.165) is 66.2 Å². The van der Waals surface area contributed by atoms with Crippen molar-refractivity contribution in [2.45, 2.75) is 60.3 Å². The standard InChI is InChI=1S/C30H36ClN5O/c1-7-10-11-12-26-21(6)30(37)36-29(33-26)28(27(34-36)24-15-13-22(31)17-19(24)4)32-25-16-14-23(18-20(25)5)35(8-2)9-3/h13-18,34H,4,7-12H2,1-3,5-6H3/b27-24-,32-28?. The summed E-state index contributed by atoms with van der Waals surface area (Å²) in [5.41, 5.74) is 4.98. The van der Waals surface area contributed by atoms with Crippen molar-refractivity contribution in [3.8, 4) is 0 Å². The van der Waals surface area contributed by atoms with Crippen LogP contribution in [0.15, 0.2) is 46.2 Å². The number of fused-ring (bicyclic) bond motifs is 1. The number of rotatable bonds is 8. The van der Waals surface area contributed by atoms with Crippen LogP contribution in [0.25, 0.3) is 12.2 Å². The zero-order valence-electron chi connectivity index (χ0n) is 22.5. The maximum absolute atomic E-state index is 13.4. The fraction of sp³-hybridized carbons (Fsp3) is 0.367. The van der Waals surface area contributed by atoms with E-state index in [1.54, 1.807) is 0 Å². The first-order valence-corrected chi connectivity index (χ1v) is 13.5. The summed E-state index contributed by atoms with van der Waals surface area (Å²) in [6.45, 7) is 16.5. The van der Waals surface area contributed by atoms with Gasteiger partial charge in [0.15, 0.2) is 5.65 Å². The predicted octanol–water partition coefficient (Wildman–Crippen LogP) is 5.52. The molecule has 0 atom stereocenters. The molecular weight excluding hydrogens is 482 g/mol. The minimum Gasteiger partial charge on any atom is -0.372 e. The minimum atomic E-state index is -0.104. The Kier molecular flexibility index (Phi) is 8.18. The van der Waals surface area contributed by atoms with E-state index in [0.29, 0.717) is 26.9 Å². The van der Waals surface area contributed by atoms with Crippen LogP contribution in [0.4, 0.5) is 11.4 Å². The second-order valence-corrected chi connectivity index (χ2v) is 9.93. The van der Waals surface area contributed by atoms with Crippen LogP contribution >= 0.6 is 11.6 Å². The third kappa shape index (κ3) is 5.35. The number of aromatic nitrogens is 3. The van der Waals surface area contributed by atoms with Crippen molar-refractivity contribution in [3.63, 3.8) is 0 Å². The number of nitrogens with zero attached hydrogens (tertiary/aromatic N) is 4. The quantitative estimate of drug-likeness (QED) is 0.313. The summed E-state index contributed by atoms with van der Waals surface area (Å²) in [5.74, 6) is 0. The van der Waals surface area contributed by atoms with Crippen LogP contribution in [0.3, 0.4) is 0 Å². The van der Waals surface area contributed by atoms with Gasteiger partial charge in [0.2, 0.25) is 0 Å². The zero-order chi connectivity index (χ0) is 26.7. The van der Waals surface area contributed by atoms with E-state index < -0.39 is 0 Å². The largest absolute Gasteiger partial charge is 0.372 e. The molecule has 194 valence electrons. The van der Waals surface area contributed by atoms with Crippen LogP contribution in [0.2, 0.25) is 5.02 Å². The van der Waals surface area contributed by atoms with E-state index in [9.17, 15) is 4.79 Å². The summed E-state index contributed by atoms with van der Waals surface area (Å²) in [6.07, 6.45) is 3.98. The van der Waals surface area contributed by atoms with E-state index in [2.05, 4.69) is 56.4 Å². The van der Waals surface area contributed by atoms with Crippen molar-refractivity contribution >= 4 is 35.2 Å². The van der Waals surface area contributed by atoms with E-state index >= 15 is 0 Å². The van der Waals surface area contributed by atoms with Crippen LogP contribution in [-0.4, -0.2) is 27.7 Å². The number of anilines is 1. The molecule has 4 aromatic rings. The lowest BCUT2D eigenvalue weighted by Gasteiger charge is -2.21. The summed E-state index contributed by atoms with van der Waals surface area (Å²) < 4.78 is 1.51. The summed E-state index contributed by atoms with van der Waals surface area (Å²) in [5, 5.41) is 6.79. The molecule has 0 fully saturated rings. The number of aryl methyl sites for hydroxylation is 2. The van der Waals surface area contributed by atoms with Crippen molar-refractivity contribution in [1.29, 1.82) is 0 Å². The van der Waals surface area contributed by atoms with E-state index in [1.807, 2.05) is 31.2 Å². The van der Waals surface area contributed by atoms with Gasteiger partial charge in [0.1, 0.15) is 5.36 Å². The number of nitrogens with one attached hydrogen (secondary N) is 1. The molecule has 0 radical (unpaired) electrons. The van der Waals surface area contributed by atoms with Gasteiger partial charge in [-0.1, -0.05) is 44.0 Å². The fourth-order valence-electron chi connectivity index (χ4n) is 4.74. The van der Waals surface area contributed by atoms with Gasteiger partial charge >= 0.3 is 0 Å². The molecule has 6 nitrogen and oxygen atoms in total. The van der Waals surface area contributed by atoms with Crippen LogP contribution in [0, 0.1) is 24.4 Å². The van der Waals surface area contributed by atoms with Crippen molar-refractivity contribution in [1.82, 2.24) is 14.6 Å². The SMILES string of the molecule is C=c1cc(Cl)cc/c1=c1/[nH]n2c(=O)c(C)c(CCCCC)nc2c1=Nc1ccc(N(CC)CC)cc1C. The number of hydrogen-bond acceptors (Lipinski definition) is 4. The third-order valence-corrected chi connectivity index (χ3v) is 7.21. The average molecular weight is 518 g/mol. The first kappa shape index (κ1) is 26.7. The lowest BCUT2D eigenvalue weighted by atomic mass is 10.1. The molecule has 0 saturated heterocycles. The smallest absolute Gasteiger partial charge is 0.275 e. The maximum atomic E-state index is 13.4. The molecular formula is C30H36ClN5O. The van der Waals surface area contributed by atoms with Gasteiger partial charge in [-0.2, -0.15) is 4.52 Å². The molecule has 0 unspecified atom stereocenters. The summed E-state index contributed by atoms with van der Waals surface area (Å²) in [7, 11) is 0. The molecule has 0 aliphatic carbocycles. The second-order valence-electron chi connectivity index (χ2n) is 9.50. The maximum Gasteiger partial charge on any atom is 0.275 e. The van der Waals surface area contributed by atoms with Crippen molar-refractivity contribution in [3.05, 3.63) is 89.7 Å². The number of unbranched alkanes of at least 4 members (excludes halogenated alkanes) is 2. The highest BCUT2D eigenvalue weighted by Gasteiger charge is 2.14. The lowest BCUT2D eigenvalue weighted by Crippen LogP contribution is -2.22. The Morgan fingerprint density at radius 2 is 1.84 bits per heavy atom. The van der Waals surface area contributed by atoms with E-state index in [-0.39, 0.29) is 5.56 Å². The first-order chi connectivity index (χ1) is 17.8. The van der Waals surface area contributed by atoms with Gasteiger partial charge in [-0.05, 0) is 81.7 Å². The second kappa shape index (κ2) is 11.3. The molecule has 7 heteroatoms. The number of halogens is 1. The number of aromatic amines is 1. The Labute approximate surface area is 222 Å². The van der Waals surface area contributed by atoms with Crippen molar-refractivity contribution < 1.29 is 0 Å². The van der Waals surface area contributed by atoms with Crippen LogP contribution in [-0.2, 0) is 6.42 Å². The predicted molar refractivity (Wildman–Crippen MR) is 154 cm³/mol. The molecule has 2 aromatic carbocycles. The Bertz CT molecular complexity index is 1700. The molecule has 0 aliphatic heterocycles. The zero-order valence-corrected chi connectivity index (χ0v) is 23.2. The molecule has 2 heterocycles. The lowest BCUT2D eigenvalue weighted by molar-refractivity contribution is 0.700. The van der Waals surface area contributed by atoms with Gasteiger partial charge in [-0.15, -0.1) is 0 Å². The monoisotopic (exact) mass is 517 g/mol. The molecule has 0 bridgehead atoms. The molecule has 0 saturated carbocycles. The number of benzene rings is 2. The molecule has 0 amide bonds.